The van der Waals surface area contributed by atoms with Crippen molar-refractivity contribution in [3.8, 4) is 0 Å². The minimum absolute atomic E-state index is 0.101. The minimum atomic E-state index is -0.101. The zero-order valence-corrected chi connectivity index (χ0v) is 13.6. The molecule has 0 unspecified atom stereocenters. The zero-order valence-electron chi connectivity index (χ0n) is 12.8. The van der Waals surface area contributed by atoms with Crippen molar-refractivity contribution in [2.45, 2.75) is 25.7 Å². The summed E-state index contributed by atoms with van der Waals surface area (Å²) in [7, 11) is 0. The van der Waals surface area contributed by atoms with Gasteiger partial charge in [-0.3, -0.25) is 4.79 Å². The first-order valence-corrected chi connectivity index (χ1v) is 8.20. The van der Waals surface area contributed by atoms with E-state index >= 15 is 0 Å². The Balaban J connectivity index is 1.62. The molecule has 0 saturated carbocycles. The van der Waals surface area contributed by atoms with E-state index in [0.29, 0.717) is 17.3 Å². The SMILES string of the molecule is O=C(Cc1ccc(Cl)cc1)Nc1cc(N2CCCCC2)ncn1. The highest BCUT2D eigenvalue weighted by molar-refractivity contribution is 6.30. The van der Waals surface area contributed by atoms with E-state index in [9.17, 15) is 4.79 Å². The normalized spacial score (nSPS) is 14.6. The third kappa shape index (κ3) is 4.42. The second-order valence-corrected chi connectivity index (χ2v) is 6.10. The minimum Gasteiger partial charge on any atom is -0.356 e. The van der Waals surface area contributed by atoms with Crippen LogP contribution in [0.25, 0.3) is 0 Å². The molecule has 1 saturated heterocycles. The Morgan fingerprint density at radius 3 is 2.61 bits per heavy atom. The first-order chi connectivity index (χ1) is 11.2. The zero-order chi connectivity index (χ0) is 16.1. The number of hydrogen-bond donors (Lipinski definition) is 1. The van der Waals surface area contributed by atoms with E-state index in [2.05, 4.69) is 20.2 Å². The lowest BCUT2D eigenvalue weighted by atomic mass is 10.1. The standard InChI is InChI=1S/C17H19ClN4O/c18-14-6-4-13(5-7-14)10-17(23)21-15-11-16(20-12-19-15)22-8-2-1-3-9-22/h4-7,11-12H,1-3,8-10H2,(H,19,20,21,23). The number of piperidine rings is 1. The highest BCUT2D eigenvalue weighted by Gasteiger charge is 2.13. The van der Waals surface area contributed by atoms with Gasteiger partial charge >= 0.3 is 0 Å². The van der Waals surface area contributed by atoms with Crippen molar-refractivity contribution < 1.29 is 4.79 Å². The maximum atomic E-state index is 12.1. The molecule has 3 rings (SSSR count). The van der Waals surface area contributed by atoms with E-state index < -0.39 is 0 Å². The molecule has 0 bridgehead atoms. The number of hydrogen-bond acceptors (Lipinski definition) is 4. The molecule has 1 aliphatic rings. The lowest BCUT2D eigenvalue weighted by Crippen LogP contribution is -2.30. The summed E-state index contributed by atoms with van der Waals surface area (Å²) in [4.78, 5) is 22.8. The third-order valence-electron chi connectivity index (χ3n) is 3.88. The number of aromatic nitrogens is 2. The summed E-state index contributed by atoms with van der Waals surface area (Å²) in [6.45, 7) is 2.02. The lowest BCUT2D eigenvalue weighted by Gasteiger charge is -2.27. The molecule has 0 atom stereocenters. The molecule has 1 fully saturated rings. The molecule has 120 valence electrons. The highest BCUT2D eigenvalue weighted by Crippen LogP contribution is 2.19. The number of carbonyl (C=O) groups is 1. The summed E-state index contributed by atoms with van der Waals surface area (Å²) in [6.07, 6.45) is 5.43. The van der Waals surface area contributed by atoms with Crippen molar-refractivity contribution >= 4 is 29.1 Å². The monoisotopic (exact) mass is 330 g/mol. The lowest BCUT2D eigenvalue weighted by molar-refractivity contribution is -0.115. The largest absolute Gasteiger partial charge is 0.356 e. The molecule has 0 spiro atoms. The number of nitrogens with one attached hydrogen (secondary N) is 1. The number of nitrogens with zero attached hydrogens (tertiary/aromatic N) is 3. The van der Waals surface area contributed by atoms with Crippen molar-refractivity contribution in [3.63, 3.8) is 0 Å². The van der Waals surface area contributed by atoms with E-state index in [1.54, 1.807) is 12.1 Å². The van der Waals surface area contributed by atoms with Crippen LogP contribution in [0, 0.1) is 0 Å². The Bertz CT molecular complexity index is 669. The number of amides is 1. The molecule has 2 aromatic rings. The molecule has 5 nitrogen and oxygen atoms in total. The Morgan fingerprint density at radius 2 is 1.87 bits per heavy atom. The second kappa shape index (κ2) is 7.42. The molecule has 1 amide bonds. The van der Waals surface area contributed by atoms with Gasteiger partial charge in [0.15, 0.2) is 0 Å². The number of rotatable bonds is 4. The predicted octanol–water partition coefficient (Wildman–Crippen LogP) is 3.30. The number of carbonyl (C=O) groups excluding carboxylic acids is 1. The van der Waals surface area contributed by atoms with Gasteiger partial charge in [-0.1, -0.05) is 23.7 Å². The molecule has 0 aliphatic carbocycles. The van der Waals surface area contributed by atoms with Gasteiger partial charge in [-0.2, -0.15) is 0 Å². The van der Waals surface area contributed by atoms with Gasteiger partial charge in [0, 0.05) is 24.2 Å². The second-order valence-electron chi connectivity index (χ2n) is 5.66. The predicted molar refractivity (Wildman–Crippen MR) is 91.9 cm³/mol. The fraction of sp³-hybridized carbons (Fsp3) is 0.353. The maximum absolute atomic E-state index is 12.1. The summed E-state index contributed by atoms with van der Waals surface area (Å²) in [5, 5.41) is 3.50. The van der Waals surface area contributed by atoms with E-state index in [0.717, 1.165) is 24.5 Å². The van der Waals surface area contributed by atoms with Crippen molar-refractivity contribution in [2.24, 2.45) is 0 Å². The van der Waals surface area contributed by atoms with Crippen LogP contribution in [0.3, 0.4) is 0 Å². The number of anilines is 2. The van der Waals surface area contributed by atoms with Crippen molar-refractivity contribution in [1.82, 2.24) is 9.97 Å². The Labute approximate surface area is 140 Å². The van der Waals surface area contributed by atoms with Gasteiger partial charge in [0.2, 0.25) is 5.91 Å². The summed E-state index contributed by atoms with van der Waals surface area (Å²) in [5.74, 6) is 1.32. The van der Waals surface area contributed by atoms with Crippen LogP contribution in [0.2, 0.25) is 5.02 Å². The van der Waals surface area contributed by atoms with Crippen LogP contribution in [-0.4, -0.2) is 29.0 Å². The van der Waals surface area contributed by atoms with Crippen LogP contribution in [0.15, 0.2) is 36.7 Å². The molecule has 6 heteroatoms. The van der Waals surface area contributed by atoms with Crippen LogP contribution in [0.4, 0.5) is 11.6 Å². The molecule has 1 N–H and O–H groups in total. The molecule has 0 radical (unpaired) electrons. The molecule has 23 heavy (non-hydrogen) atoms. The van der Waals surface area contributed by atoms with Crippen LogP contribution in [0.1, 0.15) is 24.8 Å². The molecule has 1 aliphatic heterocycles. The van der Waals surface area contributed by atoms with E-state index in [4.69, 9.17) is 11.6 Å². The van der Waals surface area contributed by atoms with Crippen molar-refractivity contribution in [3.05, 3.63) is 47.2 Å². The van der Waals surface area contributed by atoms with Gasteiger partial charge in [0.05, 0.1) is 6.42 Å². The Hall–Kier alpha value is -2.14. The van der Waals surface area contributed by atoms with Gasteiger partial charge < -0.3 is 10.2 Å². The molecular formula is C17H19ClN4O. The smallest absolute Gasteiger partial charge is 0.229 e. The summed E-state index contributed by atoms with van der Waals surface area (Å²) in [5.41, 5.74) is 0.914. The molecule has 2 heterocycles. The van der Waals surface area contributed by atoms with Crippen LogP contribution < -0.4 is 10.2 Å². The van der Waals surface area contributed by atoms with Gasteiger partial charge in [-0.25, -0.2) is 9.97 Å². The van der Waals surface area contributed by atoms with Crippen LogP contribution in [-0.2, 0) is 11.2 Å². The average Bonchev–Trinajstić information content (AvgIpc) is 2.58. The van der Waals surface area contributed by atoms with Crippen LogP contribution in [0.5, 0.6) is 0 Å². The molecular weight excluding hydrogens is 312 g/mol. The van der Waals surface area contributed by atoms with Gasteiger partial charge in [-0.15, -0.1) is 0 Å². The Morgan fingerprint density at radius 1 is 1.13 bits per heavy atom. The van der Waals surface area contributed by atoms with Gasteiger partial charge in [0.1, 0.15) is 18.0 Å². The topological polar surface area (TPSA) is 58.1 Å². The third-order valence-corrected chi connectivity index (χ3v) is 4.13. The van der Waals surface area contributed by atoms with E-state index in [-0.39, 0.29) is 5.91 Å². The number of benzene rings is 1. The molecule has 1 aromatic heterocycles. The summed E-state index contributed by atoms with van der Waals surface area (Å²) >= 11 is 5.85. The van der Waals surface area contributed by atoms with Crippen molar-refractivity contribution in [1.29, 1.82) is 0 Å². The fourth-order valence-corrected chi connectivity index (χ4v) is 2.81. The quantitative estimate of drug-likeness (QED) is 0.934. The molecule has 1 aromatic carbocycles. The highest BCUT2D eigenvalue weighted by atomic mass is 35.5. The fourth-order valence-electron chi connectivity index (χ4n) is 2.69. The average molecular weight is 331 g/mol. The van der Waals surface area contributed by atoms with Crippen LogP contribution >= 0.6 is 11.6 Å². The first-order valence-electron chi connectivity index (χ1n) is 7.82. The first kappa shape index (κ1) is 15.7. The summed E-state index contributed by atoms with van der Waals surface area (Å²) < 4.78 is 0. The maximum Gasteiger partial charge on any atom is 0.229 e. The Kier molecular flexibility index (Phi) is 5.08. The van der Waals surface area contributed by atoms with Gasteiger partial charge in [-0.05, 0) is 37.0 Å². The van der Waals surface area contributed by atoms with E-state index in [1.807, 2.05) is 18.2 Å². The van der Waals surface area contributed by atoms with Gasteiger partial charge in [0.25, 0.3) is 0 Å². The van der Waals surface area contributed by atoms with Crippen molar-refractivity contribution in [2.75, 3.05) is 23.3 Å². The summed E-state index contributed by atoms with van der Waals surface area (Å²) in [6, 6.07) is 9.10. The number of halogens is 1. The van der Waals surface area contributed by atoms with E-state index in [1.165, 1.54) is 25.6 Å².